The Morgan fingerprint density at radius 3 is 1.68 bits per heavy atom. The first kappa shape index (κ1) is 31.2. The molecule has 0 N–H and O–H groups in total. The fraction of sp³-hybridized carbons (Fsp3) is 0. The van der Waals surface area contributed by atoms with E-state index in [1.165, 1.54) is 0 Å². The molecule has 0 atom stereocenters. The molecule has 10 aromatic rings. The van der Waals surface area contributed by atoms with Crippen LogP contribution in [-0.4, -0.2) is 4.98 Å². The molecule has 3 nitrogen and oxygen atoms in total. The van der Waals surface area contributed by atoms with E-state index in [0.717, 1.165) is 93.0 Å². The van der Waals surface area contributed by atoms with Crippen LogP contribution in [0.2, 0.25) is 0 Å². The minimum absolute atomic E-state index is 0.810. The van der Waals surface area contributed by atoms with E-state index in [1.54, 1.807) is 0 Å². The molecule has 0 radical (unpaired) electrons. The average Bonchev–Trinajstić information content (AvgIpc) is 3.61. The molecule has 8 aromatic carbocycles. The summed E-state index contributed by atoms with van der Waals surface area (Å²) >= 11 is 0. The molecule has 0 fully saturated rings. The van der Waals surface area contributed by atoms with Crippen molar-refractivity contribution < 1.29 is 8.98 Å². The van der Waals surface area contributed by atoms with Crippen LogP contribution >= 0.6 is 7.14 Å². The molecule has 10 rings (SSSR count). The van der Waals surface area contributed by atoms with Gasteiger partial charge in [-0.1, -0.05) is 170 Å². The van der Waals surface area contributed by atoms with E-state index in [4.69, 9.17) is 9.40 Å². The largest absolute Gasteiger partial charge is 0.456 e. The quantitative estimate of drug-likeness (QED) is 0.128. The molecular weight excluding hydrogens is 666 g/mol. The SMILES string of the molecule is O=P(c1ccccc1)(c1ccccc1)c1cccc(-c2ccc(-c3c4c(cc5c(-c6ccccc6)nc6ccccc6c35)oc3ccccc34)cc2)c1. The van der Waals surface area contributed by atoms with Crippen LogP contribution in [0.5, 0.6) is 0 Å². The van der Waals surface area contributed by atoms with E-state index in [0.29, 0.717) is 0 Å². The number of hydrogen-bond acceptors (Lipinski definition) is 3. The molecule has 0 bridgehead atoms. The zero-order chi connectivity index (χ0) is 35.4. The molecular formula is C49H32NO2P. The van der Waals surface area contributed by atoms with Crippen LogP contribution in [0, 0.1) is 0 Å². The summed E-state index contributed by atoms with van der Waals surface area (Å²) in [5, 5.41) is 7.91. The van der Waals surface area contributed by atoms with Gasteiger partial charge in [-0.3, -0.25) is 0 Å². The highest BCUT2D eigenvalue weighted by Gasteiger charge is 2.30. The summed E-state index contributed by atoms with van der Waals surface area (Å²) < 4.78 is 21.8. The third kappa shape index (κ3) is 5.12. The average molecular weight is 698 g/mol. The van der Waals surface area contributed by atoms with Gasteiger partial charge in [0.1, 0.15) is 11.2 Å². The normalized spacial score (nSPS) is 11.8. The molecule has 2 aromatic heterocycles. The Morgan fingerprint density at radius 2 is 0.962 bits per heavy atom. The van der Waals surface area contributed by atoms with E-state index < -0.39 is 7.14 Å². The number of fused-ring (bicyclic) bond motifs is 6. The predicted octanol–water partition coefficient (Wildman–Crippen LogP) is 11.9. The molecule has 0 saturated heterocycles. The smallest absolute Gasteiger partial charge is 0.171 e. The first-order chi connectivity index (χ1) is 26.2. The number of para-hydroxylation sites is 2. The third-order valence-electron chi connectivity index (χ3n) is 10.3. The van der Waals surface area contributed by atoms with Crippen molar-refractivity contribution >= 4 is 66.7 Å². The van der Waals surface area contributed by atoms with Crippen molar-refractivity contribution in [2.24, 2.45) is 0 Å². The third-order valence-corrected chi connectivity index (χ3v) is 13.4. The highest BCUT2D eigenvalue weighted by Crippen LogP contribution is 2.47. The number of rotatable bonds is 6. The van der Waals surface area contributed by atoms with Crippen LogP contribution in [-0.2, 0) is 4.57 Å². The van der Waals surface area contributed by atoms with Gasteiger partial charge < -0.3 is 8.98 Å². The molecule has 53 heavy (non-hydrogen) atoms. The Morgan fingerprint density at radius 1 is 0.396 bits per heavy atom. The highest BCUT2D eigenvalue weighted by atomic mass is 31.2. The number of nitrogens with zero attached hydrogens (tertiary/aromatic N) is 1. The van der Waals surface area contributed by atoms with Crippen LogP contribution in [0.4, 0.5) is 0 Å². The molecule has 2 heterocycles. The van der Waals surface area contributed by atoms with Crippen molar-refractivity contribution in [2.45, 2.75) is 0 Å². The van der Waals surface area contributed by atoms with Gasteiger partial charge in [-0.05, 0) is 41.0 Å². The van der Waals surface area contributed by atoms with Gasteiger partial charge >= 0.3 is 0 Å². The van der Waals surface area contributed by atoms with E-state index in [1.807, 2.05) is 91.0 Å². The molecule has 0 unspecified atom stereocenters. The van der Waals surface area contributed by atoms with Crippen LogP contribution in [0.25, 0.3) is 77.1 Å². The summed E-state index contributed by atoms with van der Waals surface area (Å²) in [6.45, 7) is 0. The van der Waals surface area contributed by atoms with Crippen molar-refractivity contribution in [3.63, 3.8) is 0 Å². The van der Waals surface area contributed by atoms with Gasteiger partial charge in [0.15, 0.2) is 7.14 Å². The zero-order valence-corrected chi connectivity index (χ0v) is 29.6. The lowest BCUT2D eigenvalue weighted by atomic mass is 9.89. The Kier molecular flexibility index (Phi) is 7.42. The van der Waals surface area contributed by atoms with Crippen LogP contribution in [0.15, 0.2) is 199 Å². The van der Waals surface area contributed by atoms with Crippen molar-refractivity contribution in [1.29, 1.82) is 0 Å². The Labute approximate surface area is 307 Å². The fourth-order valence-corrected chi connectivity index (χ4v) is 10.6. The lowest BCUT2D eigenvalue weighted by Crippen LogP contribution is -2.25. The molecule has 4 heteroatoms. The number of furan rings is 1. The first-order valence-electron chi connectivity index (χ1n) is 17.8. The minimum atomic E-state index is -3.12. The molecule has 0 amide bonds. The predicted molar refractivity (Wildman–Crippen MR) is 222 cm³/mol. The standard InChI is InChI=1S/C49H32NO2P/c51-53(37-18-6-2-7-19-37,38-20-8-3-9-21-38)39-22-14-17-36(31-39)33-27-29-34(30-28-33)46-47-40-23-10-12-25-43(40)50-49(35-15-4-1-5-16-35)42(47)32-45-48(46)41-24-11-13-26-44(41)52-45/h1-32H. The van der Waals surface area contributed by atoms with Crippen molar-refractivity contribution in [2.75, 3.05) is 0 Å². The molecule has 0 saturated carbocycles. The van der Waals surface area contributed by atoms with Gasteiger partial charge in [0.2, 0.25) is 0 Å². The summed E-state index contributed by atoms with van der Waals surface area (Å²) in [5.74, 6) is 0. The van der Waals surface area contributed by atoms with E-state index >= 15 is 4.57 Å². The van der Waals surface area contributed by atoms with Gasteiger partial charge in [0.25, 0.3) is 0 Å². The second-order valence-electron chi connectivity index (χ2n) is 13.4. The number of hydrogen-bond donors (Lipinski definition) is 0. The van der Waals surface area contributed by atoms with Crippen LogP contribution < -0.4 is 15.9 Å². The number of benzene rings is 8. The van der Waals surface area contributed by atoms with Gasteiger partial charge in [-0.2, -0.15) is 0 Å². The van der Waals surface area contributed by atoms with Crippen LogP contribution in [0.3, 0.4) is 0 Å². The lowest BCUT2D eigenvalue weighted by Gasteiger charge is -2.20. The van der Waals surface area contributed by atoms with E-state index in [9.17, 15) is 0 Å². The Hall–Kier alpha value is -6.54. The van der Waals surface area contributed by atoms with Gasteiger partial charge in [-0.15, -0.1) is 0 Å². The Bertz CT molecular complexity index is 2960. The Balaban J connectivity index is 1.19. The topological polar surface area (TPSA) is 43.1 Å². The summed E-state index contributed by atoms with van der Waals surface area (Å²) in [5.41, 5.74) is 8.89. The lowest BCUT2D eigenvalue weighted by molar-refractivity contribution is 0.592. The zero-order valence-electron chi connectivity index (χ0n) is 28.7. The second-order valence-corrected chi connectivity index (χ2v) is 16.2. The van der Waals surface area contributed by atoms with Crippen LogP contribution in [0.1, 0.15) is 0 Å². The van der Waals surface area contributed by atoms with Gasteiger partial charge in [-0.25, -0.2) is 4.98 Å². The van der Waals surface area contributed by atoms with E-state index in [2.05, 4.69) is 103 Å². The first-order valence-corrected chi connectivity index (χ1v) is 19.5. The molecule has 0 aliphatic rings. The maximum Gasteiger partial charge on any atom is 0.171 e. The summed E-state index contributed by atoms with van der Waals surface area (Å²) in [6.07, 6.45) is 0. The number of pyridine rings is 1. The summed E-state index contributed by atoms with van der Waals surface area (Å²) in [6, 6.07) is 66.0. The molecule has 0 spiro atoms. The van der Waals surface area contributed by atoms with Crippen molar-refractivity contribution in [3.8, 4) is 33.5 Å². The monoisotopic (exact) mass is 697 g/mol. The highest BCUT2D eigenvalue weighted by molar-refractivity contribution is 7.85. The maximum absolute atomic E-state index is 15.2. The maximum atomic E-state index is 15.2. The van der Waals surface area contributed by atoms with E-state index in [-0.39, 0.29) is 0 Å². The number of aromatic nitrogens is 1. The van der Waals surface area contributed by atoms with Gasteiger partial charge in [0, 0.05) is 54.0 Å². The second kappa shape index (κ2) is 12.6. The molecule has 0 aliphatic carbocycles. The molecule has 0 aliphatic heterocycles. The fourth-order valence-electron chi connectivity index (χ4n) is 7.86. The summed E-state index contributed by atoms with van der Waals surface area (Å²) in [4.78, 5) is 5.23. The molecule has 250 valence electrons. The minimum Gasteiger partial charge on any atom is -0.456 e. The van der Waals surface area contributed by atoms with Crippen molar-refractivity contribution in [3.05, 3.63) is 194 Å². The summed E-state index contributed by atoms with van der Waals surface area (Å²) in [7, 11) is -3.12. The van der Waals surface area contributed by atoms with Gasteiger partial charge in [0.05, 0.1) is 11.2 Å². The van der Waals surface area contributed by atoms with Crippen molar-refractivity contribution in [1.82, 2.24) is 4.98 Å².